The maximum Gasteiger partial charge on any atom is 0.255 e. The largest absolute Gasteiger partial charge is 0.353 e. The Morgan fingerprint density at radius 2 is 1.94 bits per heavy atom. The molecular weight excluding hydrogens is 464 g/mol. The van der Waals surface area contributed by atoms with Crippen LogP contribution in [0.2, 0.25) is 5.02 Å². The highest BCUT2D eigenvalue weighted by Crippen LogP contribution is 2.37. The molecule has 0 saturated carbocycles. The second-order valence-corrected chi connectivity index (χ2v) is 11.7. The number of piperidine rings is 2. The van der Waals surface area contributed by atoms with Crippen LogP contribution in [0.1, 0.15) is 76.1 Å². The number of carbonyl (C=O) groups is 3. The van der Waals surface area contributed by atoms with Crippen molar-refractivity contribution in [2.45, 2.75) is 77.8 Å². The molecule has 4 rings (SSSR count). The summed E-state index contributed by atoms with van der Waals surface area (Å²) in [5, 5.41) is 3.69. The van der Waals surface area contributed by atoms with E-state index in [0.29, 0.717) is 49.0 Å². The molecule has 1 aromatic heterocycles. The lowest BCUT2D eigenvalue weighted by atomic mass is 9.77. The Bertz CT molecular complexity index is 939. The zero-order valence-electron chi connectivity index (χ0n) is 21.2. The number of nitrogens with zero attached hydrogens (tertiary/aromatic N) is 3. The van der Waals surface area contributed by atoms with Crippen molar-refractivity contribution in [3.8, 4) is 0 Å². The summed E-state index contributed by atoms with van der Waals surface area (Å²) in [6.07, 6.45) is 8.50. The van der Waals surface area contributed by atoms with Crippen molar-refractivity contribution in [2.75, 3.05) is 19.6 Å². The number of halogens is 1. The molecule has 1 aromatic rings. The van der Waals surface area contributed by atoms with Gasteiger partial charge in [-0.25, -0.2) is 0 Å². The van der Waals surface area contributed by atoms with E-state index in [9.17, 15) is 14.4 Å². The Kier molecular flexibility index (Phi) is 8.35. The van der Waals surface area contributed by atoms with Gasteiger partial charge >= 0.3 is 0 Å². The van der Waals surface area contributed by atoms with Gasteiger partial charge in [-0.15, -0.1) is 0 Å². The SMILES string of the molecule is CC(C)[C@@H]1CC[C@@H](C)CC(=O)N2C[C@H]3C[C@H](CN(C(=O)c4cncc(Cl)c4)C3)[C@@H]2CCCC(=O)N1. The maximum absolute atomic E-state index is 13.5. The van der Waals surface area contributed by atoms with E-state index in [4.69, 9.17) is 11.6 Å². The van der Waals surface area contributed by atoms with E-state index in [1.807, 2.05) is 4.90 Å². The lowest BCUT2D eigenvalue weighted by molar-refractivity contribution is -0.141. The highest BCUT2D eigenvalue weighted by Gasteiger charge is 2.43. The first-order chi connectivity index (χ1) is 16.7. The van der Waals surface area contributed by atoms with Gasteiger partial charge in [0.1, 0.15) is 0 Å². The number of likely N-dealkylation sites (tertiary alicyclic amines) is 1. The van der Waals surface area contributed by atoms with Crippen LogP contribution in [0, 0.1) is 23.7 Å². The quantitative estimate of drug-likeness (QED) is 0.658. The van der Waals surface area contributed by atoms with Crippen LogP contribution >= 0.6 is 11.6 Å². The van der Waals surface area contributed by atoms with E-state index in [1.165, 1.54) is 6.20 Å². The number of pyridine rings is 1. The van der Waals surface area contributed by atoms with Gasteiger partial charge in [-0.1, -0.05) is 32.4 Å². The Labute approximate surface area is 214 Å². The van der Waals surface area contributed by atoms with Crippen LogP contribution in [-0.4, -0.2) is 64.2 Å². The Morgan fingerprint density at radius 3 is 2.69 bits per heavy atom. The van der Waals surface area contributed by atoms with Crippen molar-refractivity contribution in [1.82, 2.24) is 20.1 Å². The molecule has 0 unspecified atom stereocenters. The minimum absolute atomic E-state index is 0.0492. The summed E-state index contributed by atoms with van der Waals surface area (Å²) in [4.78, 5) is 47.5. The number of hydrogen-bond donors (Lipinski definition) is 1. The van der Waals surface area contributed by atoms with E-state index < -0.39 is 0 Å². The number of aromatic nitrogens is 1. The predicted molar refractivity (Wildman–Crippen MR) is 136 cm³/mol. The average molecular weight is 503 g/mol. The molecule has 192 valence electrons. The van der Waals surface area contributed by atoms with E-state index in [0.717, 1.165) is 32.1 Å². The van der Waals surface area contributed by atoms with Gasteiger partial charge in [-0.2, -0.15) is 0 Å². The van der Waals surface area contributed by atoms with E-state index in [2.05, 4.69) is 36.0 Å². The predicted octanol–water partition coefficient (Wildman–Crippen LogP) is 4.16. The zero-order chi connectivity index (χ0) is 25.1. The third-order valence-corrected chi connectivity index (χ3v) is 8.28. The monoisotopic (exact) mass is 502 g/mol. The topological polar surface area (TPSA) is 82.6 Å². The number of hydrogen-bond acceptors (Lipinski definition) is 4. The van der Waals surface area contributed by atoms with Gasteiger partial charge in [-0.05, 0) is 61.8 Å². The summed E-state index contributed by atoms with van der Waals surface area (Å²) in [7, 11) is 0. The average Bonchev–Trinajstić information content (AvgIpc) is 2.82. The van der Waals surface area contributed by atoms with Gasteiger partial charge < -0.3 is 15.1 Å². The molecule has 7 nitrogen and oxygen atoms in total. The summed E-state index contributed by atoms with van der Waals surface area (Å²) in [6.45, 7) is 8.39. The van der Waals surface area contributed by atoms with Crippen LogP contribution in [0.4, 0.5) is 0 Å². The fraction of sp³-hybridized carbons (Fsp3) is 0.704. The molecule has 0 aromatic carbocycles. The van der Waals surface area contributed by atoms with Gasteiger partial charge in [0.05, 0.1) is 10.6 Å². The number of fused-ring (bicyclic) bond motifs is 4. The summed E-state index contributed by atoms with van der Waals surface area (Å²) in [5.74, 6) is 1.42. The van der Waals surface area contributed by atoms with Crippen molar-refractivity contribution in [2.24, 2.45) is 23.7 Å². The van der Waals surface area contributed by atoms with Crippen molar-refractivity contribution in [3.05, 3.63) is 29.0 Å². The van der Waals surface area contributed by atoms with Crippen LogP contribution < -0.4 is 5.32 Å². The summed E-state index contributed by atoms with van der Waals surface area (Å²) >= 11 is 6.07. The van der Waals surface area contributed by atoms with Crippen molar-refractivity contribution in [1.29, 1.82) is 0 Å². The number of nitrogens with one attached hydrogen (secondary N) is 1. The molecule has 5 atom stereocenters. The van der Waals surface area contributed by atoms with Crippen LogP contribution in [0.25, 0.3) is 0 Å². The molecule has 0 spiro atoms. The lowest BCUT2D eigenvalue weighted by Gasteiger charge is -2.51. The molecule has 3 saturated heterocycles. The number of rotatable bonds is 2. The summed E-state index contributed by atoms with van der Waals surface area (Å²) in [6, 6.07) is 1.89. The first-order valence-corrected chi connectivity index (χ1v) is 13.6. The molecule has 2 bridgehead atoms. The van der Waals surface area contributed by atoms with Gasteiger partial charge in [0.15, 0.2) is 0 Å². The molecular formula is C27H39ClN4O3. The molecule has 35 heavy (non-hydrogen) atoms. The van der Waals surface area contributed by atoms with E-state index >= 15 is 0 Å². The second-order valence-electron chi connectivity index (χ2n) is 11.3. The molecule has 3 fully saturated rings. The van der Waals surface area contributed by atoms with Crippen LogP contribution in [0.5, 0.6) is 0 Å². The van der Waals surface area contributed by atoms with Crippen molar-refractivity contribution in [3.63, 3.8) is 0 Å². The fourth-order valence-corrected chi connectivity index (χ4v) is 6.36. The Morgan fingerprint density at radius 1 is 1.14 bits per heavy atom. The summed E-state index contributed by atoms with van der Waals surface area (Å²) < 4.78 is 0. The molecule has 4 heterocycles. The molecule has 3 aliphatic heterocycles. The highest BCUT2D eigenvalue weighted by molar-refractivity contribution is 6.30. The lowest BCUT2D eigenvalue weighted by Crippen LogP contribution is -2.60. The zero-order valence-corrected chi connectivity index (χ0v) is 22.0. The van der Waals surface area contributed by atoms with E-state index in [1.54, 1.807) is 12.3 Å². The van der Waals surface area contributed by atoms with Gasteiger partial charge in [0.25, 0.3) is 5.91 Å². The number of amides is 3. The molecule has 3 aliphatic rings. The first-order valence-electron chi connectivity index (χ1n) is 13.2. The molecule has 1 N–H and O–H groups in total. The molecule has 0 aliphatic carbocycles. The fourth-order valence-electron chi connectivity index (χ4n) is 6.19. The maximum atomic E-state index is 13.5. The summed E-state index contributed by atoms with van der Waals surface area (Å²) in [5.41, 5.74) is 0.505. The van der Waals surface area contributed by atoms with Gasteiger partial charge in [-0.3, -0.25) is 19.4 Å². The third kappa shape index (κ3) is 6.35. The smallest absolute Gasteiger partial charge is 0.255 e. The first kappa shape index (κ1) is 25.9. The standard InChI is InChI=1S/C27H39ClN4O3/c1-17(2)23-8-7-18(3)9-26(34)32-15-19-10-21(24(32)5-4-6-25(33)30-23)16-31(14-19)27(35)20-11-22(28)13-29-12-20/h11-13,17-19,21,23-24H,4-10,14-16H2,1-3H3,(H,30,33)/t18-,19+,21-,23+,24+/m1/s1. The minimum atomic E-state index is -0.0492. The highest BCUT2D eigenvalue weighted by atomic mass is 35.5. The molecule has 8 heteroatoms. The Hall–Kier alpha value is -2.15. The normalized spacial score (nSPS) is 30.6. The Balaban J connectivity index is 1.51. The van der Waals surface area contributed by atoms with Crippen molar-refractivity contribution < 1.29 is 14.4 Å². The second kappa shape index (κ2) is 11.3. The number of carbonyl (C=O) groups excluding carboxylic acids is 3. The molecule has 3 amide bonds. The van der Waals surface area contributed by atoms with Gasteiger partial charge in [0, 0.05) is 57.0 Å². The molecule has 0 radical (unpaired) electrons. The van der Waals surface area contributed by atoms with Gasteiger partial charge in [0.2, 0.25) is 11.8 Å². The minimum Gasteiger partial charge on any atom is -0.353 e. The van der Waals surface area contributed by atoms with Crippen LogP contribution in [0.3, 0.4) is 0 Å². The van der Waals surface area contributed by atoms with Crippen molar-refractivity contribution >= 4 is 29.3 Å². The van der Waals surface area contributed by atoms with Crippen LogP contribution in [0.15, 0.2) is 18.5 Å². The van der Waals surface area contributed by atoms with Crippen LogP contribution in [-0.2, 0) is 9.59 Å². The van der Waals surface area contributed by atoms with E-state index in [-0.39, 0.29) is 47.6 Å². The third-order valence-electron chi connectivity index (χ3n) is 8.08.